The van der Waals surface area contributed by atoms with E-state index in [0.717, 1.165) is 12.2 Å². The van der Waals surface area contributed by atoms with E-state index in [-0.39, 0.29) is 5.54 Å². The van der Waals surface area contributed by atoms with Gasteiger partial charge in [-0.25, -0.2) is 0 Å². The Hall–Kier alpha value is -1.55. The lowest BCUT2D eigenvalue weighted by Gasteiger charge is -2.19. The molecule has 0 radical (unpaired) electrons. The monoisotopic (exact) mass is 276 g/mol. The first-order valence-electron chi connectivity index (χ1n) is 7.20. The number of aliphatic imine (C=N–C) groups is 1. The molecule has 0 heterocycles. The molecule has 1 rings (SSSR count). The number of anilines is 1. The molecule has 0 fully saturated rings. The first kappa shape index (κ1) is 16.5. The zero-order valence-electron chi connectivity index (χ0n) is 13.3. The van der Waals surface area contributed by atoms with Gasteiger partial charge in [-0.3, -0.25) is 4.99 Å². The molecule has 0 aromatic heterocycles. The average molecular weight is 276 g/mol. The highest BCUT2D eigenvalue weighted by molar-refractivity contribution is 5.92. The summed E-state index contributed by atoms with van der Waals surface area (Å²) in [6, 6.07) is 8.27. The second-order valence-corrected chi connectivity index (χ2v) is 6.35. The maximum Gasteiger partial charge on any atom is 0.193 e. The number of nitrogens with zero attached hydrogens (tertiary/aromatic N) is 1. The summed E-state index contributed by atoms with van der Waals surface area (Å²) in [4.78, 5) is 4.32. The van der Waals surface area contributed by atoms with Crippen LogP contribution in [0.25, 0.3) is 0 Å². The Morgan fingerprint density at radius 3 is 2.60 bits per heavy atom. The van der Waals surface area contributed by atoms with Gasteiger partial charge in [-0.15, -0.1) is 0 Å². The Morgan fingerprint density at radius 2 is 2.00 bits per heavy atom. The van der Waals surface area contributed by atoms with Crippen LogP contribution in [-0.2, 0) is 0 Å². The minimum atomic E-state index is 0.114. The van der Waals surface area contributed by atoms with Gasteiger partial charge in [-0.2, -0.15) is 0 Å². The maximum atomic E-state index is 5.89. The van der Waals surface area contributed by atoms with Crippen molar-refractivity contribution in [1.29, 1.82) is 0 Å². The third-order valence-electron chi connectivity index (χ3n) is 2.87. The van der Waals surface area contributed by atoms with Crippen LogP contribution < -0.4 is 16.4 Å². The van der Waals surface area contributed by atoms with Crippen LogP contribution in [0.1, 0.15) is 46.1 Å². The summed E-state index contributed by atoms with van der Waals surface area (Å²) in [7, 11) is 0. The number of rotatable bonds is 5. The molecule has 4 heteroatoms. The molecular formula is C16H28N4. The summed E-state index contributed by atoms with van der Waals surface area (Å²) < 4.78 is 0. The largest absolute Gasteiger partial charge is 0.370 e. The summed E-state index contributed by atoms with van der Waals surface area (Å²) in [5.74, 6) is 0.965. The summed E-state index contributed by atoms with van der Waals surface area (Å²) in [6.07, 6.45) is 0. The molecule has 0 saturated heterocycles. The molecule has 0 aliphatic carbocycles. The second kappa shape index (κ2) is 7.29. The van der Waals surface area contributed by atoms with Gasteiger partial charge >= 0.3 is 0 Å². The van der Waals surface area contributed by atoms with Crippen LogP contribution in [0.5, 0.6) is 0 Å². The predicted molar refractivity (Wildman–Crippen MR) is 88.4 cm³/mol. The van der Waals surface area contributed by atoms with E-state index in [9.17, 15) is 0 Å². The zero-order valence-corrected chi connectivity index (χ0v) is 13.3. The lowest BCUT2D eigenvalue weighted by Crippen LogP contribution is -2.37. The predicted octanol–water partition coefficient (Wildman–Crippen LogP) is 2.92. The fraction of sp³-hybridized carbons (Fsp3) is 0.562. The number of hydrogen-bond donors (Lipinski definition) is 3. The lowest BCUT2D eigenvalue weighted by molar-refractivity contribution is 0.433. The molecular weight excluding hydrogens is 248 g/mol. The van der Waals surface area contributed by atoms with E-state index in [1.54, 1.807) is 0 Å². The van der Waals surface area contributed by atoms with Crippen molar-refractivity contribution in [3.63, 3.8) is 0 Å². The van der Waals surface area contributed by atoms with Gasteiger partial charge < -0.3 is 16.4 Å². The van der Waals surface area contributed by atoms with Crippen LogP contribution in [-0.4, -0.2) is 24.6 Å². The standard InChI is InChI=1S/C16H28N4/c1-12(2)13-7-6-8-14(11-13)20-15(17)18-9-10-19-16(3,4)5/h6-8,11-12,19H,9-10H2,1-5H3,(H3,17,18,20). The molecule has 0 aliphatic rings. The number of nitrogens with two attached hydrogens (primary N) is 1. The topological polar surface area (TPSA) is 62.4 Å². The van der Waals surface area contributed by atoms with Crippen LogP contribution in [0.4, 0.5) is 5.69 Å². The van der Waals surface area contributed by atoms with E-state index < -0.39 is 0 Å². The summed E-state index contributed by atoms with van der Waals surface area (Å²) >= 11 is 0. The number of nitrogens with one attached hydrogen (secondary N) is 2. The fourth-order valence-electron chi connectivity index (χ4n) is 1.77. The molecule has 4 nitrogen and oxygen atoms in total. The van der Waals surface area contributed by atoms with Gasteiger partial charge in [-0.05, 0) is 44.4 Å². The third kappa shape index (κ3) is 6.57. The van der Waals surface area contributed by atoms with Gasteiger partial charge in [0, 0.05) is 17.8 Å². The molecule has 1 aromatic rings. The Labute approximate surface area is 122 Å². The summed E-state index contributed by atoms with van der Waals surface area (Å²) in [5, 5.41) is 6.51. The van der Waals surface area contributed by atoms with E-state index in [2.05, 4.69) is 62.4 Å². The Morgan fingerprint density at radius 1 is 1.30 bits per heavy atom. The van der Waals surface area contributed by atoms with Gasteiger partial charge in [0.1, 0.15) is 0 Å². The van der Waals surface area contributed by atoms with Crippen molar-refractivity contribution in [3.8, 4) is 0 Å². The van der Waals surface area contributed by atoms with Crippen molar-refractivity contribution >= 4 is 11.6 Å². The van der Waals surface area contributed by atoms with Crippen molar-refractivity contribution < 1.29 is 0 Å². The highest BCUT2D eigenvalue weighted by atomic mass is 15.1. The van der Waals surface area contributed by atoms with Gasteiger partial charge in [0.2, 0.25) is 0 Å². The minimum absolute atomic E-state index is 0.114. The zero-order chi connectivity index (χ0) is 15.2. The highest BCUT2D eigenvalue weighted by Gasteiger charge is 2.07. The van der Waals surface area contributed by atoms with E-state index in [1.165, 1.54) is 5.56 Å². The first-order chi connectivity index (χ1) is 9.28. The smallest absolute Gasteiger partial charge is 0.193 e. The van der Waals surface area contributed by atoms with Crippen LogP contribution >= 0.6 is 0 Å². The SMILES string of the molecule is CC(C)c1cccc(NC(N)=NCCNC(C)(C)C)c1. The van der Waals surface area contributed by atoms with Gasteiger partial charge in [0.25, 0.3) is 0 Å². The van der Waals surface area contributed by atoms with Crippen molar-refractivity contribution in [1.82, 2.24) is 5.32 Å². The van der Waals surface area contributed by atoms with Crippen LogP contribution in [0, 0.1) is 0 Å². The molecule has 112 valence electrons. The quantitative estimate of drug-likeness (QED) is 0.440. The van der Waals surface area contributed by atoms with Crippen LogP contribution in [0.2, 0.25) is 0 Å². The minimum Gasteiger partial charge on any atom is -0.370 e. The molecule has 0 unspecified atom stereocenters. The van der Waals surface area contributed by atoms with E-state index >= 15 is 0 Å². The summed E-state index contributed by atoms with van der Waals surface area (Å²) in [5.41, 5.74) is 8.28. The number of hydrogen-bond acceptors (Lipinski definition) is 2. The Kier molecular flexibility index (Phi) is 6.02. The number of benzene rings is 1. The molecule has 0 saturated carbocycles. The van der Waals surface area contributed by atoms with E-state index in [0.29, 0.717) is 18.4 Å². The molecule has 20 heavy (non-hydrogen) atoms. The van der Waals surface area contributed by atoms with Crippen LogP contribution in [0.15, 0.2) is 29.3 Å². The van der Waals surface area contributed by atoms with E-state index in [4.69, 9.17) is 5.73 Å². The van der Waals surface area contributed by atoms with Crippen molar-refractivity contribution in [3.05, 3.63) is 29.8 Å². The molecule has 0 atom stereocenters. The highest BCUT2D eigenvalue weighted by Crippen LogP contribution is 2.18. The van der Waals surface area contributed by atoms with E-state index in [1.807, 2.05) is 12.1 Å². The molecule has 0 amide bonds. The maximum absolute atomic E-state index is 5.89. The average Bonchev–Trinajstić information content (AvgIpc) is 2.34. The fourth-order valence-corrected chi connectivity index (χ4v) is 1.77. The molecule has 0 spiro atoms. The van der Waals surface area contributed by atoms with Gasteiger partial charge in [0.05, 0.1) is 6.54 Å². The Bertz CT molecular complexity index is 444. The normalized spacial score (nSPS) is 12.8. The van der Waals surface area contributed by atoms with Crippen molar-refractivity contribution in [2.45, 2.75) is 46.1 Å². The van der Waals surface area contributed by atoms with Crippen LogP contribution in [0.3, 0.4) is 0 Å². The Balaban J connectivity index is 2.49. The third-order valence-corrected chi connectivity index (χ3v) is 2.87. The van der Waals surface area contributed by atoms with Crippen molar-refractivity contribution in [2.75, 3.05) is 18.4 Å². The molecule has 1 aromatic carbocycles. The first-order valence-corrected chi connectivity index (χ1v) is 7.20. The summed E-state index contributed by atoms with van der Waals surface area (Å²) in [6.45, 7) is 12.2. The van der Waals surface area contributed by atoms with Gasteiger partial charge in [0.15, 0.2) is 5.96 Å². The van der Waals surface area contributed by atoms with Crippen molar-refractivity contribution in [2.24, 2.45) is 10.7 Å². The second-order valence-electron chi connectivity index (χ2n) is 6.35. The molecule has 0 aliphatic heterocycles. The lowest BCUT2D eigenvalue weighted by atomic mass is 10.0. The molecule has 4 N–H and O–H groups in total. The molecule has 0 bridgehead atoms. The van der Waals surface area contributed by atoms with Gasteiger partial charge in [-0.1, -0.05) is 26.0 Å². The number of guanidine groups is 1.